The molecule has 2 N–H and O–H groups in total. The summed E-state index contributed by atoms with van der Waals surface area (Å²) in [7, 11) is 0. The molecule has 0 aliphatic carbocycles. The number of benzene rings is 2. The van der Waals surface area contributed by atoms with E-state index in [0.717, 1.165) is 22.3 Å². The van der Waals surface area contributed by atoms with Crippen LogP contribution in [0.15, 0.2) is 41.5 Å². The third-order valence-electron chi connectivity index (χ3n) is 5.20. The van der Waals surface area contributed by atoms with Crippen LogP contribution in [0.1, 0.15) is 84.6 Å². The largest absolute Gasteiger partial charge is 0.507 e. The van der Waals surface area contributed by atoms with Crippen LogP contribution in [-0.2, 0) is 21.0 Å². The molecule has 0 atom stereocenters. The second-order valence-electron chi connectivity index (χ2n) is 11.3. The molecule has 0 radical (unpaired) electrons. The molecule has 0 heterocycles. The maximum atomic E-state index is 12.3. The first-order chi connectivity index (χ1) is 14.6. The molecule has 0 aromatic heterocycles. The molecule has 0 aliphatic rings. The fourth-order valence-corrected chi connectivity index (χ4v) is 3.44. The molecule has 0 spiro atoms. The highest BCUT2D eigenvalue weighted by Gasteiger charge is 2.26. The standard InChI is InChI=1S/C27H38N2O3/c1-25(2,3)19-12-10-11-13-22(19)32-17-23(30)29-28-16-18-14-20(26(4,5)6)24(31)21(15-18)27(7,8)9/h10-16,31H,17H2,1-9H3,(H,29,30)/b28-16-. The number of nitrogens with one attached hydrogen (secondary N) is 1. The van der Waals surface area contributed by atoms with Crippen molar-refractivity contribution in [3.8, 4) is 11.5 Å². The number of hydrogen-bond acceptors (Lipinski definition) is 4. The Bertz CT molecular complexity index is 952. The van der Waals surface area contributed by atoms with Crippen molar-refractivity contribution >= 4 is 12.1 Å². The Balaban J connectivity index is 2.14. The van der Waals surface area contributed by atoms with Gasteiger partial charge in [-0.15, -0.1) is 0 Å². The van der Waals surface area contributed by atoms with Crippen LogP contribution in [-0.4, -0.2) is 23.8 Å². The van der Waals surface area contributed by atoms with Crippen molar-refractivity contribution in [3.05, 3.63) is 58.7 Å². The molecule has 5 nitrogen and oxygen atoms in total. The molecule has 5 heteroatoms. The number of hydrazone groups is 1. The average molecular weight is 439 g/mol. The molecular weight excluding hydrogens is 400 g/mol. The van der Waals surface area contributed by atoms with Crippen molar-refractivity contribution in [2.75, 3.05) is 6.61 Å². The summed E-state index contributed by atoms with van der Waals surface area (Å²) in [6, 6.07) is 11.6. The zero-order chi connectivity index (χ0) is 24.3. The number of rotatable bonds is 5. The van der Waals surface area contributed by atoms with E-state index < -0.39 is 0 Å². The van der Waals surface area contributed by atoms with Gasteiger partial charge < -0.3 is 9.84 Å². The zero-order valence-electron chi connectivity index (χ0n) is 21.0. The number of carbonyl (C=O) groups is 1. The Morgan fingerprint density at radius 2 is 1.41 bits per heavy atom. The van der Waals surface area contributed by atoms with Crippen LogP contribution in [0.3, 0.4) is 0 Å². The minimum absolute atomic E-state index is 0.0837. The molecule has 2 rings (SSSR count). The lowest BCUT2D eigenvalue weighted by molar-refractivity contribution is -0.123. The van der Waals surface area contributed by atoms with Crippen LogP contribution in [0.5, 0.6) is 11.5 Å². The smallest absolute Gasteiger partial charge is 0.277 e. The van der Waals surface area contributed by atoms with Gasteiger partial charge in [0.1, 0.15) is 11.5 Å². The highest BCUT2D eigenvalue weighted by atomic mass is 16.5. The molecule has 0 saturated heterocycles. The number of carbonyl (C=O) groups excluding carboxylic acids is 1. The molecule has 2 aromatic rings. The molecule has 0 fully saturated rings. The number of nitrogens with zero attached hydrogens (tertiary/aromatic N) is 1. The predicted octanol–water partition coefficient (Wildman–Crippen LogP) is 5.81. The lowest BCUT2D eigenvalue weighted by atomic mass is 9.78. The number of phenolic OH excluding ortho intramolecular Hbond substituents is 1. The monoisotopic (exact) mass is 438 g/mol. The van der Waals surface area contributed by atoms with Gasteiger partial charge in [-0.25, -0.2) is 5.43 Å². The Morgan fingerprint density at radius 3 is 1.91 bits per heavy atom. The highest BCUT2D eigenvalue weighted by Crippen LogP contribution is 2.39. The summed E-state index contributed by atoms with van der Waals surface area (Å²) >= 11 is 0. The molecule has 0 unspecified atom stereocenters. The summed E-state index contributed by atoms with van der Waals surface area (Å²) in [6.07, 6.45) is 1.60. The van der Waals surface area contributed by atoms with Crippen molar-refractivity contribution in [1.29, 1.82) is 0 Å². The van der Waals surface area contributed by atoms with Gasteiger partial charge in [-0.05, 0) is 45.6 Å². The summed E-state index contributed by atoms with van der Waals surface area (Å²) in [4.78, 5) is 12.3. The van der Waals surface area contributed by atoms with Gasteiger partial charge in [0, 0.05) is 11.1 Å². The minimum Gasteiger partial charge on any atom is -0.507 e. The molecule has 1 amide bonds. The minimum atomic E-state index is -0.337. The Hall–Kier alpha value is -2.82. The van der Waals surface area contributed by atoms with E-state index in [0.29, 0.717) is 11.5 Å². The summed E-state index contributed by atoms with van der Waals surface area (Å²) in [5.41, 5.74) is 5.55. The second kappa shape index (κ2) is 9.35. The molecular formula is C27H38N2O3. The van der Waals surface area contributed by atoms with Gasteiger partial charge in [0.25, 0.3) is 5.91 Å². The number of aromatic hydroxyl groups is 1. The van der Waals surface area contributed by atoms with Crippen LogP contribution >= 0.6 is 0 Å². The lowest BCUT2D eigenvalue weighted by Crippen LogP contribution is -2.25. The van der Waals surface area contributed by atoms with Gasteiger partial charge in [0.05, 0.1) is 6.21 Å². The summed E-state index contributed by atoms with van der Waals surface area (Å²) in [5, 5.41) is 14.9. The first-order valence-electron chi connectivity index (χ1n) is 11.0. The fraction of sp³-hybridized carbons (Fsp3) is 0.481. The number of hydrogen-bond donors (Lipinski definition) is 2. The summed E-state index contributed by atoms with van der Waals surface area (Å²) < 4.78 is 5.75. The van der Waals surface area contributed by atoms with E-state index in [1.165, 1.54) is 0 Å². The van der Waals surface area contributed by atoms with Crippen LogP contribution in [0, 0.1) is 0 Å². The Kier molecular flexibility index (Phi) is 7.44. The van der Waals surface area contributed by atoms with Crippen molar-refractivity contribution < 1.29 is 14.6 Å². The van der Waals surface area contributed by atoms with E-state index in [-0.39, 0.29) is 28.8 Å². The van der Waals surface area contributed by atoms with Crippen LogP contribution in [0.25, 0.3) is 0 Å². The second-order valence-corrected chi connectivity index (χ2v) is 11.3. The summed E-state index contributed by atoms with van der Waals surface area (Å²) in [5.74, 6) is 0.676. The van der Waals surface area contributed by atoms with Crippen molar-refractivity contribution in [3.63, 3.8) is 0 Å². The van der Waals surface area contributed by atoms with Gasteiger partial charge in [0.2, 0.25) is 0 Å². The van der Waals surface area contributed by atoms with E-state index in [1.807, 2.05) is 36.4 Å². The number of ether oxygens (including phenoxy) is 1. The quantitative estimate of drug-likeness (QED) is 0.457. The fourth-order valence-electron chi connectivity index (χ4n) is 3.44. The normalized spacial score (nSPS) is 12.8. The van der Waals surface area contributed by atoms with Crippen molar-refractivity contribution in [2.45, 2.75) is 78.6 Å². The van der Waals surface area contributed by atoms with Gasteiger partial charge in [-0.1, -0.05) is 80.5 Å². The number of phenols is 1. The molecule has 0 aliphatic heterocycles. The summed E-state index contributed by atoms with van der Waals surface area (Å²) in [6.45, 7) is 18.6. The van der Waals surface area contributed by atoms with Gasteiger partial charge in [-0.3, -0.25) is 4.79 Å². The van der Waals surface area contributed by atoms with Gasteiger partial charge in [0.15, 0.2) is 6.61 Å². The molecule has 0 saturated carbocycles. The molecule has 2 aromatic carbocycles. The van der Waals surface area contributed by atoms with Gasteiger partial charge in [-0.2, -0.15) is 5.10 Å². The topological polar surface area (TPSA) is 70.9 Å². The molecule has 0 bridgehead atoms. The molecule has 32 heavy (non-hydrogen) atoms. The molecule has 174 valence electrons. The van der Waals surface area contributed by atoms with Crippen LogP contribution in [0.2, 0.25) is 0 Å². The Labute approximate surface area is 192 Å². The van der Waals surface area contributed by atoms with E-state index in [9.17, 15) is 9.90 Å². The van der Waals surface area contributed by atoms with Crippen LogP contribution in [0.4, 0.5) is 0 Å². The average Bonchev–Trinajstić information content (AvgIpc) is 2.65. The number of amides is 1. The van der Waals surface area contributed by atoms with Gasteiger partial charge >= 0.3 is 0 Å². The third-order valence-corrected chi connectivity index (χ3v) is 5.20. The highest BCUT2D eigenvalue weighted by molar-refractivity contribution is 5.84. The maximum absolute atomic E-state index is 12.3. The van der Waals surface area contributed by atoms with Crippen molar-refractivity contribution in [1.82, 2.24) is 5.43 Å². The van der Waals surface area contributed by atoms with E-state index in [1.54, 1.807) is 6.21 Å². The maximum Gasteiger partial charge on any atom is 0.277 e. The first kappa shape index (κ1) is 25.4. The lowest BCUT2D eigenvalue weighted by Gasteiger charge is -2.27. The van der Waals surface area contributed by atoms with Crippen molar-refractivity contribution in [2.24, 2.45) is 5.10 Å². The van der Waals surface area contributed by atoms with Crippen LogP contribution < -0.4 is 10.2 Å². The van der Waals surface area contributed by atoms with E-state index in [4.69, 9.17) is 4.74 Å². The Morgan fingerprint density at radius 1 is 0.906 bits per heavy atom. The number of para-hydroxylation sites is 1. The van der Waals surface area contributed by atoms with E-state index >= 15 is 0 Å². The zero-order valence-corrected chi connectivity index (χ0v) is 21.0. The SMILES string of the molecule is CC(C)(C)c1ccccc1OCC(=O)N/N=C\c1cc(C(C)(C)C)c(O)c(C(C)(C)C)c1. The predicted molar refractivity (Wildman–Crippen MR) is 132 cm³/mol. The van der Waals surface area contributed by atoms with E-state index in [2.05, 4.69) is 72.8 Å². The third kappa shape index (κ3) is 6.59. The first-order valence-corrected chi connectivity index (χ1v) is 11.0.